The van der Waals surface area contributed by atoms with Crippen molar-refractivity contribution in [2.75, 3.05) is 19.6 Å². The van der Waals surface area contributed by atoms with E-state index in [-0.39, 0.29) is 31.2 Å². The quantitative estimate of drug-likeness (QED) is 0.101. The van der Waals surface area contributed by atoms with Gasteiger partial charge in [0.2, 0.25) is 21.8 Å². The third-order valence-electron chi connectivity index (χ3n) is 5.27. The van der Waals surface area contributed by atoms with Crippen LogP contribution < -0.4 is 26.5 Å². The molecule has 2 atom stereocenters. The molecule has 1 aliphatic rings. The van der Waals surface area contributed by atoms with Gasteiger partial charge in [-0.15, -0.1) is 0 Å². The average Bonchev–Trinajstić information content (AvgIpc) is 2.91. The van der Waals surface area contributed by atoms with Gasteiger partial charge in [0, 0.05) is 6.54 Å². The van der Waals surface area contributed by atoms with Crippen LogP contribution in [0.1, 0.15) is 37.7 Å². The minimum atomic E-state index is -3.79. The molecule has 0 saturated carbocycles. The van der Waals surface area contributed by atoms with Crippen LogP contribution in [0.2, 0.25) is 0 Å². The largest absolute Gasteiger partial charge is 0.480 e. The highest BCUT2D eigenvalue weighted by molar-refractivity contribution is 7.88. The summed E-state index contributed by atoms with van der Waals surface area (Å²) in [5.41, 5.74) is 11.2. The molecule has 0 unspecified atom stereocenters. The van der Waals surface area contributed by atoms with E-state index in [4.69, 9.17) is 11.5 Å². The van der Waals surface area contributed by atoms with Gasteiger partial charge in [-0.25, -0.2) is 17.9 Å². The van der Waals surface area contributed by atoms with E-state index in [1.54, 1.807) is 30.3 Å². The molecule has 1 heterocycles. The molecule has 0 aromatic heterocycles. The number of nitrogens with zero attached hydrogens (tertiary/aromatic N) is 1. The molecule has 188 valence electrons. The number of guanidine groups is 1. The zero-order chi connectivity index (χ0) is 25.1. The highest BCUT2D eigenvalue weighted by Gasteiger charge is 2.32. The molecule has 2 rings (SSSR count). The molecule has 0 aliphatic carbocycles. The molecule has 8 N–H and O–H groups in total. The van der Waals surface area contributed by atoms with Crippen molar-refractivity contribution in [3.8, 4) is 0 Å². The fraction of sp³-hybridized carbons (Fsp3) is 0.524. The van der Waals surface area contributed by atoms with Gasteiger partial charge in [-0.05, 0) is 37.7 Å². The fourth-order valence-electron chi connectivity index (χ4n) is 3.63. The third-order valence-corrected chi connectivity index (χ3v) is 6.63. The van der Waals surface area contributed by atoms with Gasteiger partial charge in [0.15, 0.2) is 0 Å². The Morgan fingerprint density at radius 1 is 1.21 bits per heavy atom. The van der Waals surface area contributed by atoms with Crippen molar-refractivity contribution in [2.24, 2.45) is 11.5 Å². The van der Waals surface area contributed by atoms with E-state index in [9.17, 15) is 27.9 Å². The molecule has 12 nitrogen and oxygen atoms in total. The van der Waals surface area contributed by atoms with Crippen molar-refractivity contribution in [3.05, 3.63) is 35.9 Å². The van der Waals surface area contributed by atoms with Gasteiger partial charge in [0.25, 0.3) is 0 Å². The van der Waals surface area contributed by atoms with E-state index in [0.717, 1.165) is 0 Å². The molecule has 2 amide bonds. The normalized spacial score (nSPS) is 17.5. The maximum absolute atomic E-state index is 13.0. The van der Waals surface area contributed by atoms with E-state index < -0.39 is 39.9 Å². The van der Waals surface area contributed by atoms with Crippen molar-refractivity contribution >= 4 is 33.8 Å². The second-order valence-corrected chi connectivity index (χ2v) is 9.91. The van der Waals surface area contributed by atoms with Gasteiger partial charge >= 0.3 is 11.9 Å². The Morgan fingerprint density at radius 3 is 2.56 bits per heavy atom. The number of aliphatic carboxylic acids is 1. The van der Waals surface area contributed by atoms with Crippen molar-refractivity contribution in [2.45, 2.75) is 49.9 Å². The zero-order valence-corrected chi connectivity index (χ0v) is 19.7. The number of carbonyl (C=O) groups excluding carboxylic acids is 2. The first-order valence-corrected chi connectivity index (χ1v) is 12.7. The van der Waals surface area contributed by atoms with Crippen LogP contribution in [0.5, 0.6) is 0 Å². The van der Waals surface area contributed by atoms with Crippen LogP contribution >= 0.6 is 0 Å². The van der Waals surface area contributed by atoms with Gasteiger partial charge in [-0.1, -0.05) is 30.3 Å². The number of benzene rings is 1. The minimum absolute atomic E-state index is 0.0181. The number of nitrogens with one attached hydrogen (secondary N) is 3. The smallest absolute Gasteiger partial charge is 0.338 e. The van der Waals surface area contributed by atoms with Crippen LogP contribution in [0, 0.1) is 0 Å². The molecule has 0 spiro atoms. The second kappa shape index (κ2) is 12.9. The van der Waals surface area contributed by atoms with E-state index in [0.29, 0.717) is 37.8 Å². The summed E-state index contributed by atoms with van der Waals surface area (Å²) in [5.74, 6) is -2.59. The number of amides is 2. The topological polar surface area (TPSA) is 199 Å². The summed E-state index contributed by atoms with van der Waals surface area (Å²) in [6.07, 6.45) is 2.05. The summed E-state index contributed by atoms with van der Waals surface area (Å²) in [6.45, 7) is 0.259. The van der Waals surface area contributed by atoms with Crippen molar-refractivity contribution in [1.82, 2.24) is 14.9 Å². The van der Waals surface area contributed by atoms with Gasteiger partial charge < -0.3 is 15.3 Å². The average molecular weight is 498 g/mol. The predicted molar refractivity (Wildman–Crippen MR) is 124 cm³/mol. The van der Waals surface area contributed by atoms with Gasteiger partial charge in [-0.3, -0.25) is 26.0 Å². The molecular formula is C21H33N6O6S+. The molecule has 1 aliphatic heterocycles. The van der Waals surface area contributed by atoms with Gasteiger partial charge in [0.1, 0.15) is 12.1 Å². The molecule has 1 saturated heterocycles. The highest BCUT2D eigenvalue weighted by atomic mass is 32.2. The number of hydrogen-bond donors (Lipinski definition) is 6. The van der Waals surface area contributed by atoms with Crippen LogP contribution in [0.3, 0.4) is 0 Å². The van der Waals surface area contributed by atoms with Crippen LogP contribution in [0.25, 0.3) is 0 Å². The lowest BCUT2D eigenvalue weighted by atomic mass is 10.1. The first kappa shape index (κ1) is 27.1. The van der Waals surface area contributed by atoms with E-state index in [1.165, 1.54) is 4.90 Å². The Morgan fingerprint density at radius 2 is 1.91 bits per heavy atom. The first-order chi connectivity index (χ1) is 16.1. The molecule has 1 fully saturated rings. The summed E-state index contributed by atoms with van der Waals surface area (Å²) in [7, 11) is -3.79. The molecule has 1 aromatic carbocycles. The standard InChI is InChI=1S/C21H32N6O6S/c22-21(23)24-11-6-10-17(20(30)31)25-18(28)13-27-12-5-4-9-16(19(27)29)26-34(32,33)14-15-7-2-1-3-8-15/h1-3,7-8,16-17,26H,4-6,9-14H2,(H,25,28)(H,30,31)(H4,22,23,24)/p+1/t16-,17-/m0/s1. The maximum Gasteiger partial charge on any atom is 0.338 e. The number of nitrogens with two attached hydrogens (primary N) is 2. The number of rotatable bonds is 12. The number of sulfonamides is 1. The number of carboxylic acids is 1. The van der Waals surface area contributed by atoms with E-state index >= 15 is 0 Å². The first-order valence-electron chi connectivity index (χ1n) is 11.0. The van der Waals surface area contributed by atoms with E-state index in [1.807, 2.05) is 0 Å². The summed E-state index contributed by atoms with van der Waals surface area (Å²) in [4.78, 5) is 40.9. The van der Waals surface area contributed by atoms with Crippen molar-refractivity contribution < 1.29 is 32.9 Å². The Labute approximate surface area is 198 Å². The molecule has 1 aromatic rings. The molecule has 0 bridgehead atoms. The Hall–Kier alpha value is -3.19. The number of carbonyl (C=O) groups is 3. The minimum Gasteiger partial charge on any atom is -0.480 e. The zero-order valence-electron chi connectivity index (χ0n) is 18.9. The second-order valence-electron chi connectivity index (χ2n) is 8.15. The Balaban J connectivity index is 1.96. The third kappa shape index (κ3) is 9.35. The maximum atomic E-state index is 13.0. The highest BCUT2D eigenvalue weighted by Crippen LogP contribution is 2.14. The lowest BCUT2D eigenvalue weighted by molar-refractivity contribution is -0.459. The summed E-state index contributed by atoms with van der Waals surface area (Å²) in [6, 6.07) is 6.48. The number of likely N-dealkylation sites (tertiary alicyclic amines) is 1. The van der Waals surface area contributed by atoms with E-state index in [2.05, 4.69) is 15.0 Å². The number of hydrogen-bond acceptors (Lipinski definition) is 5. The van der Waals surface area contributed by atoms with Crippen LogP contribution in [0.15, 0.2) is 30.3 Å². The molecule has 0 radical (unpaired) electrons. The van der Waals surface area contributed by atoms with Crippen molar-refractivity contribution in [3.63, 3.8) is 0 Å². The van der Waals surface area contributed by atoms with Crippen LogP contribution in [-0.2, 0) is 30.2 Å². The summed E-state index contributed by atoms with van der Waals surface area (Å²) < 4.78 is 27.7. The van der Waals surface area contributed by atoms with Crippen molar-refractivity contribution in [1.29, 1.82) is 0 Å². The Kier molecular flexibility index (Phi) is 10.3. The molecular weight excluding hydrogens is 464 g/mol. The number of carboxylic acid groups (broad SMARTS) is 1. The van der Waals surface area contributed by atoms with Crippen LogP contribution in [-0.4, -0.2) is 73.9 Å². The van der Waals surface area contributed by atoms with Gasteiger partial charge in [-0.2, -0.15) is 0 Å². The van der Waals surface area contributed by atoms with Crippen LogP contribution in [0.4, 0.5) is 0 Å². The fourth-order valence-corrected chi connectivity index (χ4v) is 5.00. The summed E-state index contributed by atoms with van der Waals surface area (Å²) >= 11 is 0. The summed E-state index contributed by atoms with van der Waals surface area (Å²) in [5, 5.41) is 11.8. The lowest BCUT2D eigenvalue weighted by Crippen LogP contribution is -2.78. The lowest BCUT2D eigenvalue weighted by Gasteiger charge is -2.25. The SMILES string of the molecule is NC(N)=[NH+]CCC[C@H](NC(=O)CN1CCCC[C@H](NS(=O)(=O)Cc2ccccc2)C1=O)C(=O)O. The molecule has 13 heteroatoms. The monoisotopic (exact) mass is 497 g/mol. The molecule has 34 heavy (non-hydrogen) atoms. The Bertz CT molecular complexity index is 981. The van der Waals surface area contributed by atoms with Gasteiger partial charge in [0.05, 0.1) is 18.8 Å². The predicted octanol–water partition coefficient (Wildman–Crippen LogP) is -2.81.